The lowest BCUT2D eigenvalue weighted by Crippen LogP contribution is -2.20. The van der Waals surface area contributed by atoms with Gasteiger partial charge in [-0.1, -0.05) is 42.5 Å². The van der Waals surface area contributed by atoms with Crippen molar-refractivity contribution >= 4 is 68.8 Å². The molecule has 0 saturated carbocycles. The highest BCUT2D eigenvalue weighted by Gasteiger charge is 2.23. The number of aliphatic imine (C=N–C) groups is 1. The van der Waals surface area contributed by atoms with Crippen LogP contribution in [0.2, 0.25) is 0 Å². The van der Waals surface area contributed by atoms with Crippen molar-refractivity contribution in [1.29, 1.82) is 0 Å². The first-order valence-electron chi connectivity index (χ1n) is 9.69. The second-order valence-electron chi connectivity index (χ2n) is 6.70. The van der Waals surface area contributed by atoms with Gasteiger partial charge in [0, 0.05) is 3.57 Å². The van der Waals surface area contributed by atoms with Gasteiger partial charge in [-0.05, 0) is 82.4 Å². The molecule has 8 heteroatoms. The maximum atomic E-state index is 12.2. The van der Waals surface area contributed by atoms with E-state index in [4.69, 9.17) is 4.74 Å². The fourth-order valence-electron chi connectivity index (χ4n) is 2.81. The summed E-state index contributed by atoms with van der Waals surface area (Å²) in [6.45, 7) is -0.0943. The summed E-state index contributed by atoms with van der Waals surface area (Å²) in [5.41, 5.74) is 2.38. The van der Waals surface area contributed by atoms with Gasteiger partial charge in [-0.3, -0.25) is 9.59 Å². The Hall–Kier alpha value is -3.11. The summed E-state index contributed by atoms with van der Waals surface area (Å²) in [5, 5.41) is 6.15. The number of para-hydroxylation sites is 2. The van der Waals surface area contributed by atoms with Gasteiger partial charge in [0.1, 0.15) is 5.75 Å². The highest BCUT2D eigenvalue weighted by molar-refractivity contribution is 14.1. The highest BCUT2D eigenvalue weighted by Crippen LogP contribution is 2.28. The molecule has 0 aliphatic carbocycles. The van der Waals surface area contributed by atoms with E-state index < -0.39 is 0 Å². The van der Waals surface area contributed by atoms with Gasteiger partial charge in [-0.2, -0.15) is 0 Å². The van der Waals surface area contributed by atoms with Crippen molar-refractivity contribution in [3.63, 3.8) is 0 Å². The van der Waals surface area contributed by atoms with E-state index in [0.717, 1.165) is 20.5 Å². The number of halogens is 1. The minimum atomic E-state index is -0.232. The van der Waals surface area contributed by atoms with Crippen molar-refractivity contribution in [3.8, 4) is 5.75 Å². The van der Waals surface area contributed by atoms with Crippen molar-refractivity contribution in [2.75, 3.05) is 11.9 Å². The number of rotatable bonds is 6. The minimum Gasteiger partial charge on any atom is -0.484 e. The molecule has 0 radical (unpaired) electrons. The van der Waals surface area contributed by atoms with Gasteiger partial charge in [-0.15, -0.1) is 0 Å². The number of amides is 2. The lowest BCUT2D eigenvalue weighted by Gasteiger charge is -2.09. The number of benzene rings is 3. The molecule has 3 aromatic carbocycles. The van der Waals surface area contributed by atoms with Gasteiger partial charge in [0.25, 0.3) is 11.8 Å². The fraction of sp³-hybridized carbons (Fsp3) is 0.0417. The van der Waals surface area contributed by atoms with E-state index >= 15 is 0 Å². The zero-order valence-corrected chi connectivity index (χ0v) is 19.7. The van der Waals surface area contributed by atoms with E-state index in [1.165, 1.54) is 11.8 Å². The predicted octanol–water partition coefficient (Wildman–Crippen LogP) is 5.20. The number of anilines is 1. The SMILES string of the molecule is O=C(COc1ccc(/C=C2\SC(=Nc3ccccc3)NC2=O)cc1)Nc1ccccc1I. The number of thioether (sulfide) groups is 1. The quantitative estimate of drug-likeness (QED) is 0.324. The molecule has 0 atom stereocenters. The molecule has 160 valence electrons. The molecule has 0 spiro atoms. The van der Waals surface area contributed by atoms with E-state index in [9.17, 15) is 9.59 Å². The van der Waals surface area contributed by atoms with E-state index in [2.05, 4.69) is 38.2 Å². The highest BCUT2D eigenvalue weighted by atomic mass is 127. The molecular formula is C24H18IN3O3S. The number of amidine groups is 1. The van der Waals surface area contributed by atoms with E-state index in [-0.39, 0.29) is 18.4 Å². The minimum absolute atomic E-state index is 0.0943. The molecule has 1 aliphatic heterocycles. The van der Waals surface area contributed by atoms with Crippen LogP contribution in [0.3, 0.4) is 0 Å². The molecule has 1 saturated heterocycles. The Balaban J connectivity index is 1.34. The van der Waals surface area contributed by atoms with Crippen molar-refractivity contribution in [1.82, 2.24) is 5.32 Å². The predicted molar refractivity (Wildman–Crippen MR) is 137 cm³/mol. The average Bonchev–Trinajstić information content (AvgIpc) is 3.14. The molecule has 32 heavy (non-hydrogen) atoms. The molecule has 3 aromatic rings. The molecule has 1 fully saturated rings. The lowest BCUT2D eigenvalue weighted by atomic mass is 10.2. The zero-order valence-electron chi connectivity index (χ0n) is 16.7. The molecule has 0 unspecified atom stereocenters. The first-order valence-corrected chi connectivity index (χ1v) is 11.6. The summed E-state index contributed by atoms with van der Waals surface area (Å²) >= 11 is 3.46. The number of nitrogens with zero attached hydrogens (tertiary/aromatic N) is 1. The topological polar surface area (TPSA) is 79.8 Å². The van der Waals surface area contributed by atoms with Crippen LogP contribution in [0, 0.1) is 3.57 Å². The molecule has 4 rings (SSSR count). The smallest absolute Gasteiger partial charge is 0.264 e. The van der Waals surface area contributed by atoms with Gasteiger partial charge in [-0.25, -0.2) is 4.99 Å². The van der Waals surface area contributed by atoms with Gasteiger partial charge >= 0.3 is 0 Å². The number of hydrogen-bond acceptors (Lipinski definition) is 5. The van der Waals surface area contributed by atoms with Crippen molar-refractivity contribution < 1.29 is 14.3 Å². The molecule has 6 nitrogen and oxygen atoms in total. The fourth-order valence-corrected chi connectivity index (χ4v) is 4.17. The van der Waals surface area contributed by atoms with Crippen LogP contribution in [0.25, 0.3) is 6.08 Å². The number of carbonyl (C=O) groups is 2. The molecular weight excluding hydrogens is 537 g/mol. The van der Waals surface area contributed by atoms with Gasteiger partial charge < -0.3 is 15.4 Å². The lowest BCUT2D eigenvalue weighted by molar-refractivity contribution is -0.118. The summed E-state index contributed by atoms with van der Waals surface area (Å²) in [7, 11) is 0. The third kappa shape index (κ3) is 5.98. The Kier molecular flexibility index (Phi) is 7.23. The molecule has 1 heterocycles. The van der Waals surface area contributed by atoms with Crippen LogP contribution in [0.4, 0.5) is 11.4 Å². The Morgan fingerprint density at radius 1 is 1.03 bits per heavy atom. The van der Waals surface area contributed by atoms with Crippen molar-refractivity contribution in [2.24, 2.45) is 4.99 Å². The maximum Gasteiger partial charge on any atom is 0.264 e. The second kappa shape index (κ2) is 10.5. The summed E-state index contributed by atoms with van der Waals surface area (Å²) in [4.78, 5) is 29.4. The van der Waals surface area contributed by atoms with E-state index in [1.54, 1.807) is 18.2 Å². The monoisotopic (exact) mass is 555 g/mol. The number of ether oxygens (including phenoxy) is 1. The Labute approximate surface area is 203 Å². The van der Waals surface area contributed by atoms with Gasteiger partial charge in [0.05, 0.1) is 16.3 Å². The van der Waals surface area contributed by atoms with Crippen LogP contribution >= 0.6 is 34.4 Å². The number of hydrogen-bond donors (Lipinski definition) is 2. The summed E-state index contributed by atoms with van der Waals surface area (Å²) in [6.07, 6.45) is 1.79. The largest absolute Gasteiger partial charge is 0.484 e. The summed E-state index contributed by atoms with van der Waals surface area (Å²) < 4.78 is 6.53. The number of carbonyl (C=O) groups excluding carboxylic acids is 2. The summed E-state index contributed by atoms with van der Waals surface area (Å²) in [5.74, 6) is 0.154. The van der Waals surface area contributed by atoms with Gasteiger partial charge in [0.15, 0.2) is 11.8 Å². The van der Waals surface area contributed by atoms with E-state index in [0.29, 0.717) is 15.8 Å². The maximum absolute atomic E-state index is 12.2. The molecule has 2 N–H and O–H groups in total. The average molecular weight is 555 g/mol. The summed E-state index contributed by atoms with van der Waals surface area (Å²) in [6, 6.07) is 24.2. The molecule has 0 aromatic heterocycles. The molecule has 0 bridgehead atoms. The van der Waals surface area contributed by atoms with Crippen LogP contribution < -0.4 is 15.4 Å². The number of nitrogens with one attached hydrogen (secondary N) is 2. The van der Waals surface area contributed by atoms with Crippen LogP contribution in [-0.2, 0) is 9.59 Å². The second-order valence-corrected chi connectivity index (χ2v) is 8.90. The first kappa shape index (κ1) is 22.1. The van der Waals surface area contributed by atoms with Crippen molar-refractivity contribution in [2.45, 2.75) is 0 Å². The van der Waals surface area contributed by atoms with Crippen molar-refractivity contribution in [3.05, 3.63) is 92.9 Å². The molecule has 2 amide bonds. The van der Waals surface area contributed by atoms with Crippen LogP contribution in [0.15, 0.2) is 88.8 Å². The Morgan fingerprint density at radius 3 is 2.50 bits per heavy atom. The molecule has 1 aliphatic rings. The zero-order chi connectivity index (χ0) is 22.3. The third-order valence-electron chi connectivity index (χ3n) is 4.33. The Morgan fingerprint density at radius 2 is 1.75 bits per heavy atom. The normalized spacial score (nSPS) is 15.6. The van der Waals surface area contributed by atoms with Crippen LogP contribution in [0.5, 0.6) is 5.75 Å². The third-order valence-corrected chi connectivity index (χ3v) is 6.18. The Bertz CT molecular complexity index is 1190. The van der Waals surface area contributed by atoms with Gasteiger partial charge in [0.2, 0.25) is 0 Å². The van der Waals surface area contributed by atoms with Crippen LogP contribution in [0.1, 0.15) is 5.56 Å². The van der Waals surface area contributed by atoms with E-state index in [1.807, 2.05) is 66.7 Å². The standard InChI is InChI=1S/C24H18IN3O3S/c25-19-8-4-5-9-20(19)27-22(29)15-31-18-12-10-16(11-13-18)14-21-23(30)28-24(32-21)26-17-6-2-1-3-7-17/h1-14H,15H2,(H,27,29)(H,26,28,30)/b21-14-. The first-order chi connectivity index (χ1) is 15.6. The van der Waals surface area contributed by atoms with Crippen LogP contribution in [-0.4, -0.2) is 23.6 Å².